The van der Waals surface area contributed by atoms with E-state index in [1.54, 1.807) is 12.1 Å². The summed E-state index contributed by atoms with van der Waals surface area (Å²) in [7, 11) is 0. The number of rotatable bonds is 2. The molecule has 5 aromatic rings. The molecule has 30 heavy (non-hydrogen) atoms. The van der Waals surface area contributed by atoms with E-state index in [2.05, 4.69) is 24.3 Å². The van der Waals surface area contributed by atoms with Gasteiger partial charge in [-0.15, -0.1) is 0 Å². The van der Waals surface area contributed by atoms with Crippen molar-refractivity contribution in [1.29, 1.82) is 0 Å². The van der Waals surface area contributed by atoms with E-state index in [1.807, 2.05) is 59.3 Å². The summed E-state index contributed by atoms with van der Waals surface area (Å²) in [5, 5.41) is 18.7. The Kier molecular flexibility index (Phi) is 3.40. The molecule has 1 aliphatic rings. The third-order valence-electron chi connectivity index (χ3n) is 5.70. The third kappa shape index (κ3) is 2.26. The van der Waals surface area contributed by atoms with E-state index in [0.29, 0.717) is 0 Å². The number of nitro groups is 1. The van der Waals surface area contributed by atoms with E-state index in [9.17, 15) is 10.1 Å². The molecule has 0 saturated heterocycles. The van der Waals surface area contributed by atoms with E-state index in [1.165, 1.54) is 0 Å². The minimum absolute atomic E-state index is 0.0662. The number of hydrogen-bond donors (Lipinski definition) is 0. The SMILES string of the molecule is O=[N+]([O-])c1ccc2c(c1)C(=Nn1c3ccccc3c3ccccc31)c1ccccc1-2. The lowest BCUT2D eigenvalue weighted by molar-refractivity contribution is -0.384. The highest BCUT2D eigenvalue weighted by Crippen LogP contribution is 2.39. The molecule has 4 aromatic carbocycles. The quantitative estimate of drug-likeness (QED) is 0.270. The molecule has 0 aliphatic heterocycles. The zero-order valence-electron chi connectivity index (χ0n) is 15.8. The van der Waals surface area contributed by atoms with Gasteiger partial charge in [0, 0.05) is 34.0 Å². The highest BCUT2D eigenvalue weighted by atomic mass is 16.6. The van der Waals surface area contributed by atoms with Crippen LogP contribution in [0.2, 0.25) is 0 Å². The lowest BCUT2D eigenvalue weighted by Crippen LogP contribution is -2.03. The van der Waals surface area contributed by atoms with Crippen LogP contribution < -0.4 is 0 Å². The van der Waals surface area contributed by atoms with Gasteiger partial charge in [0.25, 0.3) is 5.69 Å². The molecule has 5 nitrogen and oxygen atoms in total. The van der Waals surface area contributed by atoms with Crippen LogP contribution in [0.5, 0.6) is 0 Å². The fraction of sp³-hybridized carbons (Fsp3) is 0. The third-order valence-corrected chi connectivity index (χ3v) is 5.70. The van der Waals surface area contributed by atoms with E-state index in [4.69, 9.17) is 5.10 Å². The largest absolute Gasteiger partial charge is 0.270 e. The summed E-state index contributed by atoms with van der Waals surface area (Å²) in [6.45, 7) is 0. The Hall–Kier alpha value is -4.25. The van der Waals surface area contributed by atoms with Gasteiger partial charge in [0.2, 0.25) is 0 Å². The van der Waals surface area contributed by atoms with E-state index in [-0.39, 0.29) is 10.6 Å². The number of nitrogens with zero attached hydrogens (tertiary/aromatic N) is 3. The zero-order chi connectivity index (χ0) is 20.2. The number of non-ortho nitro benzene ring substituents is 1. The van der Waals surface area contributed by atoms with Crippen LogP contribution in [0.25, 0.3) is 32.9 Å². The Morgan fingerprint density at radius 3 is 1.90 bits per heavy atom. The number of hydrogen-bond acceptors (Lipinski definition) is 3. The van der Waals surface area contributed by atoms with Gasteiger partial charge in [0.1, 0.15) is 0 Å². The molecule has 0 amide bonds. The standard InChI is InChI=1S/C25H15N3O2/c29-28(30)16-13-14-18-17-7-1-2-10-21(17)25(22(18)15-16)26-27-23-11-5-3-8-19(23)20-9-4-6-12-24(20)27/h1-15H. The minimum atomic E-state index is -0.360. The molecule has 0 bridgehead atoms. The van der Waals surface area contributed by atoms with Crippen LogP contribution in [0.4, 0.5) is 5.69 Å². The van der Waals surface area contributed by atoms with E-state index in [0.717, 1.165) is 49.8 Å². The first-order chi connectivity index (χ1) is 14.7. The van der Waals surface area contributed by atoms with Gasteiger partial charge in [0.15, 0.2) is 0 Å². The minimum Gasteiger partial charge on any atom is -0.258 e. The maximum Gasteiger partial charge on any atom is 0.270 e. The van der Waals surface area contributed by atoms with Gasteiger partial charge >= 0.3 is 0 Å². The van der Waals surface area contributed by atoms with Gasteiger partial charge in [-0.05, 0) is 29.3 Å². The molecule has 1 heterocycles. The zero-order valence-corrected chi connectivity index (χ0v) is 15.8. The maximum absolute atomic E-state index is 11.4. The molecule has 0 fully saturated rings. The summed E-state index contributed by atoms with van der Waals surface area (Å²) in [6.07, 6.45) is 0. The van der Waals surface area contributed by atoms with Gasteiger partial charge in [-0.2, -0.15) is 5.10 Å². The van der Waals surface area contributed by atoms with Gasteiger partial charge in [-0.25, -0.2) is 4.68 Å². The summed E-state index contributed by atoms with van der Waals surface area (Å²) < 4.78 is 1.95. The van der Waals surface area contributed by atoms with Crippen molar-refractivity contribution in [2.45, 2.75) is 0 Å². The van der Waals surface area contributed by atoms with Crippen LogP contribution in [0.15, 0.2) is 96.1 Å². The monoisotopic (exact) mass is 389 g/mol. The summed E-state index contributed by atoms with van der Waals surface area (Å²) >= 11 is 0. The lowest BCUT2D eigenvalue weighted by atomic mass is 10.1. The van der Waals surface area contributed by atoms with Crippen molar-refractivity contribution in [3.8, 4) is 11.1 Å². The van der Waals surface area contributed by atoms with Crippen LogP contribution in [-0.4, -0.2) is 15.3 Å². The van der Waals surface area contributed by atoms with Crippen molar-refractivity contribution < 1.29 is 4.92 Å². The van der Waals surface area contributed by atoms with Crippen LogP contribution in [0, 0.1) is 10.1 Å². The molecule has 0 spiro atoms. The first kappa shape index (κ1) is 16.7. The van der Waals surface area contributed by atoms with Crippen molar-refractivity contribution in [3.63, 3.8) is 0 Å². The summed E-state index contributed by atoms with van der Waals surface area (Å²) in [5.41, 5.74) is 6.59. The predicted octanol–water partition coefficient (Wildman–Crippen LogP) is 5.98. The molecular weight excluding hydrogens is 374 g/mol. The van der Waals surface area contributed by atoms with Crippen molar-refractivity contribution >= 4 is 33.2 Å². The van der Waals surface area contributed by atoms with Crippen LogP contribution in [-0.2, 0) is 0 Å². The Morgan fingerprint density at radius 1 is 0.667 bits per heavy atom. The Morgan fingerprint density at radius 2 is 1.23 bits per heavy atom. The molecule has 142 valence electrons. The fourth-order valence-electron chi connectivity index (χ4n) is 4.36. The molecule has 0 atom stereocenters. The predicted molar refractivity (Wildman–Crippen MR) is 119 cm³/mol. The Balaban J connectivity index is 1.71. The summed E-state index contributed by atoms with van der Waals surface area (Å²) in [6, 6.07) is 29.3. The van der Waals surface area contributed by atoms with E-state index < -0.39 is 0 Å². The maximum atomic E-state index is 11.4. The Labute approximate surface area is 171 Å². The van der Waals surface area contributed by atoms with Crippen molar-refractivity contribution in [2.75, 3.05) is 0 Å². The highest BCUT2D eigenvalue weighted by Gasteiger charge is 2.27. The van der Waals surface area contributed by atoms with E-state index >= 15 is 0 Å². The second-order valence-corrected chi connectivity index (χ2v) is 7.33. The number of para-hydroxylation sites is 2. The summed E-state index contributed by atoms with van der Waals surface area (Å²) in [4.78, 5) is 11.0. The molecule has 1 aliphatic carbocycles. The topological polar surface area (TPSA) is 60.4 Å². The molecule has 0 radical (unpaired) electrons. The number of fused-ring (bicyclic) bond motifs is 6. The molecule has 5 heteroatoms. The average Bonchev–Trinajstić information content (AvgIpc) is 3.27. The van der Waals surface area contributed by atoms with Gasteiger partial charge in [-0.1, -0.05) is 60.7 Å². The van der Waals surface area contributed by atoms with Gasteiger partial charge < -0.3 is 0 Å². The van der Waals surface area contributed by atoms with Gasteiger partial charge in [0.05, 0.1) is 21.7 Å². The van der Waals surface area contributed by atoms with Crippen molar-refractivity contribution in [1.82, 2.24) is 4.68 Å². The molecule has 6 rings (SSSR count). The fourth-order valence-corrected chi connectivity index (χ4v) is 4.36. The smallest absolute Gasteiger partial charge is 0.258 e. The van der Waals surface area contributed by atoms with Crippen molar-refractivity contribution in [3.05, 3.63) is 112 Å². The van der Waals surface area contributed by atoms with Crippen LogP contribution in [0.3, 0.4) is 0 Å². The average molecular weight is 389 g/mol. The first-order valence-electron chi connectivity index (χ1n) is 9.68. The van der Waals surface area contributed by atoms with Gasteiger partial charge in [-0.3, -0.25) is 10.1 Å². The number of nitro benzene ring substituents is 1. The molecule has 0 N–H and O–H groups in total. The molecular formula is C25H15N3O2. The normalized spacial score (nSPS) is 13.7. The first-order valence-corrected chi connectivity index (χ1v) is 9.68. The second-order valence-electron chi connectivity index (χ2n) is 7.33. The van der Waals surface area contributed by atoms with Crippen molar-refractivity contribution in [2.24, 2.45) is 5.10 Å². The summed E-state index contributed by atoms with van der Waals surface area (Å²) in [5.74, 6) is 0. The second kappa shape index (κ2) is 6.12. The Bertz CT molecular complexity index is 1480. The number of benzene rings is 4. The van der Waals surface area contributed by atoms with Crippen LogP contribution >= 0.6 is 0 Å². The molecule has 1 aromatic heterocycles. The lowest BCUT2D eigenvalue weighted by Gasteiger charge is -2.05. The highest BCUT2D eigenvalue weighted by molar-refractivity contribution is 6.25. The van der Waals surface area contributed by atoms with Crippen LogP contribution in [0.1, 0.15) is 11.1 Å². The molecule has 0 saturated carbocycles. The number of aromatic nitrogens is 1. The molecule has 0 unspecified atom stereocenters.